The van der Waals surface area contributed by atoms with E-state index in [1.807, 2.05) is 0 Å². The number of anilines is 2. The summed E-state index contributed by atoms with van der Waals surface area (Å²) < 4.78 is 0. The van der Waals surface area contributed by atoms with E-state index in [2.05, 4.69) is 170 Å². The van der Waals surface area contributed by atoms with Gasteiger partial charge in [0.2, 0.25) is 0 Å². The van der Waals surface area contributed by atoms with Crippen LogP contribution in [0.4, 0.5) is 11.4 Å². The van der Waals surface area contributed by atoms with E-state index in [1.54, 1.807) is 0 Å². The molecule has 0 heterocycles. The molecule has 0 bridgehead atoms. The van der Waals surface area contributed by atoms with E-state index < -0.39 is 0 Å². The van der Waals surface area contributed by atoms with E-state index >= 15 is 0 Å². The number of fused-ring (bicyclic) bond motifs is 3. The highest BCUT2D eigenvalue weighted by molar-refractivity contribution is 5.95. The van der Waals surface area contributed by atoms with Gasteiger partial charge in [0.1, 0.15) is 0 Å². The van der Waals surface area contributed by atoms with Crippen molar-refractivity contribution in [1.82, 2.24) is 0 Å². The fraction of sp³-hybridized carbons (Fsp3) is 0.0526. The number of hydrogen-bond acceptors (Lipinski definition) is 1. The Morgan fingerprint density at radius 1 is 0.436 bits per heavy atom. The minimum Gasteiger partial charge on any atom is -0.344 e. The standard InChI is InChI=1S/C38H29N/c1-39(32-26-24-29(25-27-32)28-14-5-2-6-15-28)36-23-13-22-35-37(36)33-20-11-12-21-34(33)38(35,30-16-7-3-8-17-30)31-18-9-4-10-19-31/h2-27H,1H3. The van der Waals surface area contributed by atoms with Crippen molar-refractivity contribution in [3.05, 3.63) is 180 Å². The van der Waals surface area contributed by atoms with Gasteiger partial charge >= 0.3 is 0 Å². The molecule has 6 aromatic carbocycles. The van der Waals surface area contributed by atoms with Gasteiger partial charge in [0.25, 0.3) is 0 Å². The zero-order chi connectivity index (χ0) is 26.2. The molecule has 0 saturated heterocycles. The number of rotatable bonds is 5. The Balaban J connectivity index is 1.44. The van der Waals surface area contributed by atoms with Crippen LogP contribution in [0.15, 0.2) is 158 Å². The molecule has 0 amide bonds. The van der Waals surface area contributed by atoms with E-state index in [-0.39, 0.29) is 5.41 Å². The first-order valence-corrected chi connectivity index (χ1v) is 13.5. The lowest BCUT2D eigenvalue weighted by atomic mass is 9.68. The van der Waals surface area contributed by atoms with Crippen molar-refractivity contribution in [2.75, 3.05) is 11.9 Å². The lowest BCUT2D eigenvalue weighted by Crippen LogP contribution is -2.28. The SMILES string of the molecule is CN(c1ccc(-c2ccccc2)cc1)c1cccc2c1-c1ccccc1C2(c1ccccc1)c1ccccc1. The fourth-order valence-corrected chi connectivity index (χ4v) is 6.40. The van der Waals surface area contributed by atoms with Crippen LogP contribution in [-0.2, 0) is 5.41 Å². The second kappa shape index (κ2) is 9.45. The minimum absolute atomic E-state index is 0.386. The van der Waals surface area contributed by atoms with Crippen LogP contribution in [0.1, 0.15) is 22.3 Å². The number of nitrogens with zero attached hydrogens (tertiary/aromatic N) is 1. The van der Waals surface area contributed by atoms with Crippen LogP contribution in [0.2, 0.25) is 0 Å². The maximum Gasteiger partial charge on any atom is 0.0714 e. The third-order valence-electron chi connectivity index (χ3n) is 8.18. The second-order valence-corrected chi connectivity index (χ2v) is 10.2. The van der Waals surface area contributed by atoms with Crippen molar-refractivity contribution >= 4 is 11.4 Å². The monoisotopic (exact) mass is 499 g/mol. The lowest BCUT2D eigenvalue weighted by molar-refractivity contribution is 0.768. The maximum atomic E-state index is 2.33. The first kappa shape index (κ1) is 23.3. The molecular weight excluding hydrogens is 470 g/mol. The van der Waals surface area contributed by atoms with Crippen molar-refractivity contribution in [2.45, 2.75) is 5.41 Å². The van der Waals surface area contributed by atoms with Crippen molar-refractivity contribution < 1.29 is 0 Å². The third kappa shape index (κ3) is 3.62. The smallest absolute Gasteiger partial charge is 0.0714 e. The van der Waals surface area contributed by atoms with Crippen molar-refractivity contribution in [1.29, 1.82) is 0 Å². The summed E-state index contributed by atoms with van der Waals surface area (Å²) in [6.45, 7) is 0. The Bertz CT molecular complexity index is 1700. The minimum atomic E-state index is -0.386. The van der Waals surface area contributed by atoms with Gasteiger partial charge in [-0.15, -0.1) is 0 Å². The Morgan fingerprint density at radius 3 is 1.59 bits per heavy atom. The largest absolute Gasteiger partial charge is 0.344 e. The van der Waals surface area contributed by atoms with Crippen LogP contribution in [0.5, 0.6) is 0 Å². The van der Waals surface area contributed by atoms with Gasteiger partial charge in [0, 0.05) is 24.0 Å². The second-order valence-electron chi connectivity index (χ2n) is 10.2. The molecule has 6 aromatic rings. The Labute approximate surface area is 230 Å². The molecule has 0 atom stereocenters. The molecule has 0 spiro atoms. The zero-order valence-corrected chi connectivity index (χ0v) is 22.0. The van der Waals surface area contributed by atoms with Crippen LogP contribution >= 0.6 is 0 Å². The van der Waals surface area contributed by atoms with Gasteiger partial charge < -0.3 is 4.90 Å². The van der Waals surface area contributed by atoms with Crippen molar-refractivity contribution in [3.63, 3.8) is 0 Å². The normalized spacial score (nSPS) is 12.9. The predicted octanol–water partition coefficient (Wildman–Crippen LogP) is 9.48. The molecule has 186 valence electrons. The summed E-state index contributed by atoms with van der Waals surface area (Å²) in [6.07, 6.45) is 0. The first-order valence-electron chi connectivity index (χ1n) is 13.5. The summed E-state index contributed by atoms with van der Waals surface area (Å²) in [6, 6.07) is 57.1. The highest BCUT2D eigenvalue weighted by Gasteiger charge is 2.46. The average molecular weight is 500 g/mol. The van der Waals surface area contributed by atoms with E-state index in [0.29, 0.717) is 0 Å². The molecule has 1 nitrogen and oxygen atoms in total. The van der Waals surface area contributed by atoms with E-state index in [1.165, 1.54) is 50.2 Å². The van der Waals surface area contributed by atoms with Crippen molar-refractivity contribution in [3.8, 4) is 22.3 Å². The van der Waals surface area contributed by atoms with Gasteiger partial charge in [-0.05, 0) is 57.1 Å². The molecule has 39 heavy (non-hydrogen) atoms. The summed E-state index contributed by atoms with van der Waals surface area (Å²) in [5, 5.41) is 0. The van der Waals surface area contributed by atoms with Gasteiger partial charge in [0.05, 0.1) is 5.41 Å². The van der Waals surface area contributed by atoms with Gasteiger partial charge in [0.15, 0.2) is 0 Å². The van der Waals surface area contributed by atoms with E-state index in [4.69, 9.17) is 0 Å². The molecule has 1 aliphatic carbocycles. The summed E-state index contributed by atoms with van der Waals surface area (Å²) in [5.74, 6) is 0. The average Bonchev–Trinajstić information content (AvgIpc) is 3.33. The summed E-state index contributed by atoms with van der Waals surface area (Å²) in [4.78, 5) is 2.33. The maximum absolute atomic E-state index is 2.33. The highest BCUT2D eigenvalue weighted by atomic mass is 15.1. The van der Waals surface area contributed by atoms with Gasteiger partial charge in [-0.1, -0.05) is 140 Å². The van der Waals surface area contributed by atoms with E-state index in [0.717, 1.165) is 5.69 Å². The molecule has 0 unspecified atom stereocenters. The first-order chi connectivity index (χ1) is 19.3. The number of hydrogen-bond donors (Lipinski definition) is 0. The van der Waals surface area contributed by atoms with Crippen LogP contribution < -0.4 is 4.90 Å². The summed E-state index contributed by atoms with van der Waals surface area (Å²) >= 11 is 0. The molecule has 0 aliphatic heterocycles. The molecule has 0 saturated carbocycles. The number of benzene rings is 6. The summed E-state index contributed by atoms with van der Waals surface area (Å²) in [7, 11) is 2.18. The molecule has 1 aliphatic rings. The summed E-state index contributed by atoms with van der Waals surface area (Å²) in [5.41, 5.74) is 12.3. The molecule has 0 aromatic heterocycles. The Kier molecular flexibility index (Phi) is 5.64. The van der Waals surface area contributed by atoms with Gasteiger partial charge in [-0.3, -0.25) is 0 Å². The fourth-order valence-electron chi connectivity index (χ4n) is 6.40. The van der Waals surface area contributed by atoms with Crippen LogP contribution in [-0.4, -0.2) is 7.05 Å². The van der Waals surface area contributed by atoms with Gasteiger partial charge in [-0.25, -0.2) is 0 Å². The lowest BCUT2D eigenvalue weighted by Gasteiger charge is -2.34. The molecular formula is C38H29N. The van der Waals surface area contributed by atoms with Crippen LogP contribution in [0.3, 0.4) is 0 Å². The molecule has 0 N–H and O–H groups in total. The van der Waals surface area contributed by atoms with Crippen LogP contribution in [0.25, 0.3) is 22.3 Å². The third-order valence-corrected chi connectivity index (χ3v) is 8.18. The van der Waals surface area contributed by atoms with E-state index in [9.17, 15) is 0 Å². The molecule has 0 radical (unpaired) electrons. The Morgan fingerprint density at radius 2 is 0.949 bits per heavy atom. The van der Waals surface area contributed by atoms with Crippen molar-refractivity contribution in [2.24, 2.45) is 0 Å². The molecule has 0 fully saturated rings. The highest BCUT2D eigenvalue weighted by Crippen LogP contribution is 2.58. The zero-order valence-electron chi connectivity index (χ0n) is 22.0. The quantitative estimate of drug-likeness (QED) is 0.228. The molecule has 1 heteroatoms. The molecule has 7 rings (SSSR count). The van der Waals surface area contributed by atoms with Crippen LogP contribution in [0, 0.1) is 0 Å². The predicted molar refractivity (Wildman–Crippen MR) is 164 cm³/mol. The topological polar surface area (TPSA) is 3.24 Å². The van der Waals surface area contributed by atoms with Gasteiger partial charge in [-0.2, -0.15) is 0 Å². The Hall–Kier alpha value is -4.88.